The Bertz CT molecular complexity index is 979. The lowest BCUT2D eigenvalue weighted by atomic mass is 10.0. The summed E-state index contributed by atoms with van der Waals surface area (Å²) in [5.74, 6) is 0.983. The van der Waals surface area contributed by atoms with E-state index in [0.29, 0.717) is 21.4 Å². The number of halogens is 2. The Balaban J connectivity index is 1.46. The molecule has 2 N–H and O–H groups in total. The molecule has 0 aliphatic carbocycles. The van der Waals surface area contributed by atoms with Gasteiger partial charge in [0.1, 0.15) is 18.2 Å². The molecule has 29 heavy (non-hydrogen) atoms. The van der Waals surface area contributed by atoms with Gasteiger partial charge in [-0.3, -0.25) is 9.89 Å². The van der Waals surface area contributed by atoms with Crippen molar-refractivity contribution in [2.45, 2.75) is 31.5 Å². The van der Waals surface area contributed by atoms with E-state index in [9.17, 15) is 9.18 Å². The van der Waals surface area contributed by atoms with E-state index in [1.807, 2.05) is 24.3 Å². The fourth-order valence-corrected chi connectivity index (χ4v) is 3.37. The number of rotatable bonds is 8. The lowest BCUT2D eigenvalue weighted by Crippen LogP contribution is -2.15. The summed E-state index contributed by atoms with van der Waals surface area (Å²) in [6.07, 6.45) is 0. The van der Waals surface area contributed by atoms with Gasteiger partial charge in [0.25, 0.3) is 0 Å². The van der Waals surface area contributed by atoms with Crippen LogP contribution in [0.3, 0.4) is 0 Å². The lowest BCUT2D eigenvalue weighted by Gasteiger charge is -2.07. The predicted octanol–water partition coefficient (Wildman–Crippen LogP) is 5.14. The number of carbonyl (C=O) groups is 1. The Labute approximate surface area is 180 Å². The van der Waals surface area contributed by atoms with E-state index in [1.165, 1.54) is 17.7 Å². The van der Waals surface area contributed by atoms with Crippen LogP contribution in [0.4, 0.5) is 10.1 Å². The zero-order valence-electron chi connectivity index (χ0n) is 15.9. The Hall–Kier alpha value is -2.39. The monoisotopic (exact) mass is 478 g/mol. The van der Waals surface area contributed by atoms with Gasteiger partial charge >= 0.3 is 0 Å². The highest BCUT2D eigenvalue weighted by molar-refractivity contribution is 9.10. The standard InChI is InChI=1S/C20H20BrFN4O2S/c1-12(2)13-3-6-15(7-4-13)28-10-18-24-20(26-25-18)29-11-19(27)23-17-8-5-14(21)9-16(17)22/h3-9,12H,10-11H2,1-2H3,(H,23,27)(H,24,25,26). The molecule has 9 heteroatoms. The average Bonchev–Trinajstić information content (AvgIpc) is 3.15. The van der Waals surface area contributed by atoms with Crippen LogP contribution in [0.15, 0.2) is 52.1 Å². The first kappa shape index (κ1) is 21.3. The van der Waals surface area contributed by atoms with E-state index in [0.717, 1.165) is 17.5 Å². The van der Waals surface area contributed by atoms with Crippen molar-refractivity contribution in [3.05, 3.63) is 64.1 Å². The molecule has 3 rings (SSSR count). The normalized spacial score (nSPS) is 10.9. The molecule has 3 aromatic rings. The number of thioether (sulfide) groups is 1. The Morgan fingerprint density at radius 3 is 2.72 bits per heavy atom. The molecule has 6 nitrogen and oxygen atoms in total. The highest BCUT2D eigenvalue weighted by atomic mass is 79.9. The third-order valence-corrected chi connectivity index (χ3v) is 5.31. The van der Waals surface area contributed by atoms with Crippen molar-refractivity contribution in [1.82, 2.24) is 15.2 Å². The number of aromatic nitrogens is 3. The molecule has 0 atom stereocenters. The number of hydrogen-bond acceptors (Lipinski definition) is 5. The maximum Gasteiger partial charge on any atom is 0.234 e. The first-order valence-corrected chi connectivity index (χ1v) is 10.7. The topological polar surface area (TPSA) is 79.9 Å². The summed E-state index contributed by atoms with van der Waals surface area (Å²) in [6.45, 7) is 4.52. The number of anilines is 1. The average molecular weight is 479 g/mol. The van der Waals surface area contributed by atoms with Gasteiger partial charge in [0.2, 0.25) is 11.1 Å². The summed E-state index contributed by atoms with van der Waals surface area (Å²) in [5.41, 5.74) is 1.38. The van der Waals surface area contributed by atoms with Crippen molar-refractivity contribution < 1.29 is 13.9 Å². The van der Waals surface area contributed by atoms with Gasteiger partial charge in [0, 0.05) is 4.47 Å². The smallest absolute Gasteiger partial charge is 0.234 e. The molecule has 0 fully saturated rings. The molecule has 0 saturated carbocycles. The third-order valence-electron chi connectivity index (χ3n) is 3.97. The van der Waals surface area contributed by atoms with E-state index >= 15 is 0 Å². The molecule has 0 bridgehead atoms. The number of ether oxygens (including phenoxy) is 1. The molecule has 0 spiro atoms. The Kier molecular flexibility index (Phi) is 7.27. The maximum absolute atomic E-state index is 13.8. The fourth-order valence-electron chi connectivity index (χ4n) is 2.41. The summed E-state index contributed by atoms with van der Waals surface area (Å²) in [5, 5.41) is 9.80. The molecule has 0 saturated heterocycles. The van der Waals surface area contributed by atoms with E-state index in [-0.39, 0.29) is 24.0 Å². The van der Waals surface area contributed by atoms with Gasteiger partial charge in [-0.15, -0.1) is 5.10 Å². The number of nitrogens with one attached hydrogen (secondary N) is 2. The van der Waals surface area contributed by atoms with Gasteiger partial charge in [0.05, 0.1) is 11.4 Å². The van der Waals surface area contributed by atoms with Gasteiger partial charge in [-0.1, -0.05) is 53.7 Å². The largest absolute Gasteiger partial charge is 0.486 e. The van der Waals surface area contributed by atoms with Crippen molar-refractivity contribution in [1.29, 1.82) is 0 Å². The molecular weight excluding hydrogens is 459 g/mol. The van der Waals surface area contributed by atoms with Crippen LogP contribution in [0.25, 0.3) is 0 Å². The molecule has 1 amide bonds. The van der Waals surface area contributed by atoms with E-state index in [1.54, 1.807) is 6.07 Å². The number of benzene rings is 2. The number of aromatic amines is 1. The molecule has 0 unspecified atom stereocenters. The van der Waals surface area contributed by atoms with E-state index in [2.05, 4.69) is 50.3 Å². The van der Waals surface area contributed by atoms with E-state index < -0.39 is 5.82 Å². The number of H-pyrrole nitrogens is 1. The van der Waals surface area contributed by atoms with Crippen LogP contribution in [0, 0.1) is 5.82 Å². The SMILES string of the molecule is CC(C)c1ccc(OCc2nc(SCC(=O)Nc3ccc(Br)cc3F)n[nH]2)cc1. The lowest BCUT2D eigenvalue weighted by molar-refractivity contribution is -0.113. The van der Waals surface area contributed by atoms with Gasteiger partial charge in [-0.25, -0.2) is 9.37 Å². The number of nitrogens with zero attached hydrogens (tertiary/aromatic N) is 2. The molecule has 0 radical (unpaired) electrons. The first-order chi connectivity index (χ1) is 13.9. The number of carbonyl (C=O) groups excluding carboxylic acids is 1. The van der Waals surface area contributed by atoms with Gasteiger partial charge in [0.15, 0.2) is 5.82 Å². The minimum absolute atomic E-state index is 0.0598. The van der Waals surface area contributed by atoms with Crippen LogP contribution in [-0.4, -0.2) is 26.8 Å². The first-order valence-electron chi connectivity index (χ1n) is 8.92. The predicted molar refractivity (Wildman–Crippen MR) is 115 cm³/mol. The van der Waals surface area contributed by atoms with Crippen LogP contribution in [0.5, 0.6) is 5.75 Å². The minimum Gasteiger partial charge on any atom is -0.486 e. The summed E-state index contributed by atoms with van der Waals surface area (Å²) < 4.78 is 20.1. The molecule has 152 valence electrons. The number of hydrogen-bond donors (Lipinski definition) is 2. The second-order valence-corrected chi connectivity index (χ2v) is 8.40. The maximum atomic E-state index is 13.8. The van der Waals surface area contributed by atoms with Crippen molar-refractivity contribution in [2.75, 3.05) is 11.1 Å². The molecular formula is C20H20BrFN4O2S. The highest BCUT2D eigenvalue weighted by Crippen LogP contribution is 2.21. The molecule has 0 aliphatic heterocycles. The Morgan fingerprint density at radius 1 is 1.28 bits per heavy atom. The zero-order valence-corrected chi connectivity index (χ0v) is 18.3. The van der Waals surface area contributed by atoms with Crippen LogP contribution in [-0.2, 0) is 11.4 Å². The molecule has 1 aromatic heterocycles. The van der Waals surface area contributed by atoms with Crippen LogP contribution < -0.4 is 10.1 Å². The van der Waals surface area contributed by atoms with Crippen LogP contribution >= 0.6 is 27.7 Å². The quantitative estimate of drug-likeness (QED) is 0.438. The van der Waals surface area contributed by atoms with Crippen molar-refractivity contribution >= 4 is 39.3 Å². The summed E-state index contributed by atoms with van der Waals surface area (Å²) >= 11 is 4.33. The molecule has 2 aromatic carbocycles. The highest BCUT2D eigenvalue weighted by Gasteiger charge is 2.11. The van der Waals surface area contributed by atoms with Crippen LogP contribution in [0.1, 0.15) is 31.2 Å². The van der Waals surface area contributed by atoms with Gasteiger partial charge in [-0.05, 0) is 41.8 Å². The summed E-state index contributed by atoms with van der Waals surface area (Å²) in [7, 11) is 0. The fraction of sp³-hybridized carbons (Fsp3) is 0.250. The van der Waals surface area contributed by atoms with Gasteiger partial charge in [-0.2, -0.15) is 0 Å². The Morgan fingerprint density at radius 2 is 2.03 bits per heavy atom. The van der Waals surface area contributed by atoms with Crippen molar-refractivity contribution in [3.63, 3.8) is 0 Å². The molecule has 0 aliphatic rings. The summed E-state index contributed by atoms with van der Waals surface area (Å²) in [4.78, 5) is 16.3. The third kappa shape index (κ3) is 6.30. The summed E-state index contributed by atoms with van der Waals surface area (Å²) in [6, 6.07) is 12.4. The second kappa shape index (κ2) is 9.89. The second-order valence-electron chi connectivity index (χ2n) is 6.54. The van der Waals surface area contributed by atoms with Crippen molar-refractivity contribution in [3.8, 4) is 5.75 Å². The number of amides is 1. The zero-order chi connectivity index (χ0) is 20.8. The minimum atomic E-state index is -0.503. The van der Waals surface area contributed by atoms with E-state index in [4.69, 9.17) is 4.74 Å². The van der Waals surface area contributed by atoms with Gasteiger partial charge < -0.3 is 10.1 Å². The van der Waals surface area contributed by atoms with Crippen LogP contribution in [0.2, 0.25) is 0 Å². The molecule has 1 heterocycles. The van der Waals surface area contributed by atoms with Crippen molar-refractivity contribution in [2.24, 2.45) is 0 Å².